The highest BCUT2D eigenvalue weighted by atomic mass is 16.5. The van der Waals surface area contributed by atoms with Crippen molar-refractivity contribution in [3.8, 4) is 5.75 Å². The molecule has 6 nitrogen and oxygen atoms in total. The van der Waals surface area contributed by atoms with Gasteiger partial charge in [-0.25, -0.2) is 0 Å². The van der Waals surface area contributed by atoms with Crippen molar-refractivity contribution in [1.29, 1.82) is 0 Å². The van der Waals surface area contributed by atoms with Gasteiger partial charge in [-0.05, 0) is 26.0 Å². The van der Waals surface area contributed by atoms with Crippen molar-refractivity contribution in [2.45, 2.75) is 26.8 Å². The number of rotatable bonds is 7. The average Bonchev–Trinajstić information content (AvgIpc) is 2.77. The van der Waals surface area contributed by atoms with Crippen LogP contribution in [0.4, 0.5) is 5.69 Å². The number of aromatic amines is 1. The number of nitrogens with one attached hydrogen (secondary N) is 2. The van der Waals surface area contributed by atoms with Crippen LogP contribution in [0.5, 0.6) is 5.75 Å². The lowest BCUT2D eigenvalue weighted by atomic mass is 10.2. The zero-order valence-corrected chi connectivity index (χ0v) is 12.3. The fraction of sp³-hybridized carbons (Fsp3) is 0.333. The second-order valence-electron chi connectivity index (χ2n) is 4.83. The van der Waals surface area contributed by atoms with E-state index in [1.165, 1.54) is 0 Å². The maximum Gasteiger partial charge on any atom is 0.220 e. The van der Waals surface area contributed by atoms with E-state index < -0.39 is 0 Å². The van der Waals surface area contributed by atoms with Gasteiger partial charge in [0.1, 0.15) is 5.75 Å². The number of hydrogen-bond donors (Lipinski definition) is 3. The van der Waals surface area contributed by atoms with E-state index in [-0.39, 0.29) is 18.9 Å². The van der Waals surface area contributed by atoms with Crippen molar-refractivity contribution in [3.63, 3.8) is 0 Å². The normalized spacial score (nSPS) is 10.4. The van der Waals surface area contributed by atoms with Crippen LogP contribution in [0.3, 0.4) is 0 Å². The monoisotopic (exact) mass is 288 g/mol. The van der Waals surface area contributed by atoms with Gasteiger partial charge in [-0.1, -0.05) is 12.1 Å². The maximum absolute atomic E-state index is 10.7. The molecule has 0 bridgehead atoms. The number of carbonyl (C=O) groups excluding carboxylic acids is 1. The summed E-state index contributed by atoms with van der Waals surface area (Å²) in [6.45, 7) is 4.89. The van der Waals surface area contributed by atoms with Gasteiger partial charge in [0.2, 0.25) is 5.91 Å². The van der Waals surface area contributed by atoms with Crippen molar-refractivity contribution in [2.24, 2.45) is 5.73 Å². The third-order valence-corrected chi connectivity index (χ3v) is 3.23. The Morgan fingerprint density at radius 1 is 1.38 bits per heavy atom. The van der Waals surface area contributed by atoms with Gasteiger partial charge in [0.05, 0.1) is 24.4 Å². The van der Waals surface area contributed by atoms with Crippen molar-refractivity contribution >= 4 is 11.6 Å². The van der Waals surface area contributed by atoms with E-state index in [0.717, 1.165) is 22.6 Å². The fourth-order valence-electron chi connectivity index (χ4n) is 2.02. The quantitative estimate of drug-likeness (QED) is 0.725. The van der Waals surface area contributed by atoms with E-state index in [9.17, 15) is 4.79 Å². The van der Waals surface area contributed by atoms with Gasteiger partial charge in [0.25, 0.3) is 0 Å². The molecule has 6 heteroatoms. The molecule has 4 N–H and O–H groups in total. The number of anilines is 1. The molecule has 1 aromatic carbocycles. The number of carbonyl (C=O) groups is 1. The molecule has 0 aliphatic carbocycles. The van der Waals surface area contributed by atoms with Gasteiger partial charge >= 0.3 is 0 Å². The smallest absolute Gasteiger partial charge is 0.220 e. The molecule has 112 valence electrons. The zero-order chi connectivity index (χ0) is 15.2. The Labute approximate surface area is 123 Å². The van der Waals surface area contributed by atoms with Crippen LogP contribution in [0.25, 0.3) is 0 Å². The van der Waals surface area contributed by atoms with E-state index in [4.69, 9.17) is 10.5 Å². The number of aryl methyl sites for hydroxylation is 2. The Balaban J connectivity index is 2.01. The van der Waals surface area contributed by atoms with E-state index in [1.807, 2.05) is 38.1 Å². The Morgan fingerprint density at radius 2 is 2.14 bits per heavy atom. The van der Waals surface area contributed by atoms with Gasteiger partial charge in [-0.2, -0.15) is 5.10 Å². The molecule has 1 heterocycles. The highest BCUT2D eigenvalue weighted by molar-refractivity contribution is 5.73. The Bertz CT molecular complexity index is 602. The number of para-hydroxylation sites is 2. The van der Waals surface area contributed by atoms with Gasteiger partial charge in [0.15, 0.2) is 0 Å². The number of benzene rings is 1. The molecule has 0 atom stereocenters. The van der Waals surface area contributed by atoms with Crippen LogP contribution in [-0.4, -0.2) is 22.7 Å². The van der Waals surface area contributed by atoms with Crippen molar-refractivity contribution in [1.82, 2.24) is 10.2 Å². The Kier molecular flexibility index (Phi) is 4.81. The first-order valence-electron chi connectivity index (χ1n) is 6.82. The summed E-state index contributed by atoms with van der Waals surface area (Å²) in [5, 5.41) is 10.5. The number of ether oxygens (including phenoxy) is 1. The largest absolute Gasteiger partial charge is 0.491 e. The van der Waals surface area contributed by atoms with Crippen molar-refractivity contribution in [3.05, 3.63) is 41.2 Å². The maximum atomic E-state index is 10.7. The van der Waals surface area contributed by atoms with Crippen LogP contribution >= 0.6 is 0 Å². The lowest BCUT2D eigenvalue weighted by molar-refractivity contribution is -0.118. The minimum absolute atomic E-state index is 0.203. The molecule has 1 amide bonds. The second-order valence-corrected chi connectivity index (χ2v) is 4.83. The minimum Gasteiger partial charge on any atom is -0.491 e. The predicted octanol–water partition coefficient (Wildman–Crippen LogP) is 1.89. The average molecular weight is 288 g/mol. The SMILES string of the molecule is Cc1n[nH]c(C)c1CNc1ccccc1OCCC(N)=O. The number of aromatic nitrogens is 2. The molecule has 0 radical (unpaired) electrons. The molecule has 0 saturated heterocycles. The molecule has 0 unspecified atom stereocenters. The van der Waals surface area contributed by atoms with Gasteiger partial charge < -0.3 is 15.8 Å². The summed E-state index contributed by atoms with van der Waals surface area (Å²) in [7, 11) is 0. The van der Waals surface area contributed by atoms with Gasteiger partial charge in [-0.15, -0.1) is 0 Å². The van der Waals surface area contributed by atoms with Crippen LogP contribution in [0, 0.1) is 13.8 Å². The van der Waals surface area contributed by atoms with Crippen molar-refractivity contribution < 1.29 is 9.53 Å². The van der Waals surface area contributed by atoms with Crippen LogP contribution in [0.2, 0.25) is 0 Å². The van der Waals surface area contributed by atoms with Crippen LogP contribution in [0.15, 0.2) is 24.3 Å². The summed E-state index contributed by atoms with van der Waals surface area (Å²) in [5.41, 5.74) is 9.15. The molecule has 0 aliphatic heterocycles. The molecular formula is C15H20N4O2. The van der Waals surface area contributed by atoms with E-state index in [2.05, 4.69) is 15.5 Å². The summed E-state index contributed by atoms with van der Waals surface area (Å²) >= 11 is 0. The second kappa shape index (κ2) is 6.78. The Hall–Kier alpha value is -2.50. The van der Waals surface area contributed by atoms with Gasteiger partial charge in [-0.3, -0.25) is 9.89 Å². The minimum atomic E-state index is -0.370. The summed E-state index contributed by atoms with van der Waals surface area (Å²) < 4.78 is 5.59. The first-order chi connectivity index (χ1) is 10.1. The van der Waals surface area contributed by atoms with Crippen LogP contribution in [-0.2, 0) is 11.3 Å². The number of primary amides is 1. The predicted molar refractivity (Wildman–Crippen MR) is 81.1 cm³/mol. The van der Waals surface area contributed by atoms with Crippen LogP contribution < -0.4 is 15.8 Å². The summed E-state index contributed by atoms with van der Waals surface area (Å²) in [6.07, 6.45) is 0.203. The van der Waals surface area contributed by atoms with Crippen LogP contribution in [0.1, 0.15) is 23.4 Å². The third-order valence-electron chi connectivity index (χ3n) is 3.23. The number of H-pyrrole nitrogens is 1. The molecule has 21 heavy (non-hydrogen) atoms. The van der Waals surface area contributed by atoms with Crippen molar-refractivity contribution in [2.75, 3.05) is 11.9 Å². The molecule has 2 rings (SSSR count). The molecule has 0 fully saturated rings. The lowest BCUT2D eigenvalue weighted by Gasteiger charge is -2.13. The zero-order valence-electron chi connectivity index (χ0n) is 12.3. The summed E-state index contributed by atoms with van der Waals surface area (Å²) in [6, 6.07) is 7.61. The first-order valence-corrected chi connectivity index (χ1v) is 6.82. The summed E-state index contributed by atoms with van der Waals surface area (Å²) in [5.74, 6) is 0.336. The molecule has 1 aromatic heterocycles. The highest BCUT2D eigenvalue weighted by Gasteiger charge is 2.08. The third kappa shape index (κ3) is 3.98. The highest BCUT2D eigenvalue weighted by Crippen LogP contribution is 2.25. The van der Waals surface area contributed by atoms with E-state index in [0.29, 0.717) is 12.3 Å². The molecule has 0 spiro atoms. The van der Waals surface area contributed by atoms with Gasteiger partial charge in [0, 0.05) is 17.8 Å². The standard InChI is InChI=1S/C15H20N4O2/c1-10-12(11(2)19-18-10)9-17-13-5-3-4-6-14(13)21-8-7-15(16)20/h3-6,17H,7-9H2,1-2H3,(H2,16,20)(H,18,19). The fourth-order valence-corrected chi connectivity index (χ4v) is 2.02. The molecule has 0 aliphatic rings. The molecule has 2 aromatic rings. The van der Waals surface area contributed by atoms with E-state index >= 15 is 0 Å². The molecule has 0 saturated carbocycles. The molecular weight excluding hydrogens is 268 g/mol. The number of nitrogens with zero attached hydrogens (tertiary/aromatic N) is 1. The summed E-state index contributed by atoms with van der Waals surface area (Å²) in [4.78, 5) is 10.7. The number of amides is 1. The topological polar surface area (TPSA) is 93.0 Å². The first kappa shape index (κ1) is 14.9. The Morgan fingerprint density at radius 3 is 2.81 bits per heavy atom. The lowest BCUT2D eigenvalue weighted by Crippen LogP contribution is -2.15. The number of nitrogens with two attached hydrogens (primary N) is 1. The van der Waals surface area contributed by atoms with E-state index in [1.54, 1.807) is 0 Å². The number of hydrogen-bond acceptors (Lipinski definition) is 4.